The van der Waals surface area contributed by atoms with Gasteiger partial charge in [-0.2, -0.15) is 0 Å². The van der Waals surface area contributed by atoms with E-state index in [1.54, 1.807) is 0 Å². The summed E-state index contributed by atoms with van der Waals surface area (Å²) in [6, 6.07) is 8.38. The zero-order valence-electron chi connectivity index (χ0n) is 12.5. The van der Waals surface area contributed by atoms with E-state index in [4.69, 9.17) is 0 Å². The van der Waals surface area contributed by atoms with Crippen LogP contribution in [0.25, 0.3) is 0 Å². The summed E-state index contributed by atoms with van der Waals surface area (Å²) >= 11 is 1.47. The Labute approximate surface area is 136 Å². The van der Waals surface area contributed by atoms with Crippen LogP contribution in [0.3, 0.4) is 0 Å². The van der Waals surface area contributed by atoms with Crippen LogP contribution in [-0.4, -0.2) is 36.8 Å². The second-order valence-corrected chi connectivity index (χ2v) is 9.56. The third kappa shape index (κ3) is 3.84. The van der Waals surface area contributed by atoms with E-state index in [-0.39, 0.29) is 28.7 Å². The molecule has 1 amide bonds. The van der Waals surface area contributed by atoms with Crippen molar-refractivity contribution in [2.75, 3.05) is 17.3 Å². The number of carbonyl (C=O) groups excluding carboxylic acids is 1. The number of carbonyl (C=O) groups is 1. The van der Waals surface area contributed by atoms with Gasteiger partial charge in [0.15, 0.2) is 9.84 Å². The van der Waals surface area contributed by atoms with Crippen molar-refractivity contribution >= 4 is 27.5 Å². The lowest BCUT2D eigenvalue weighted by atomic mass is 9.88. The minimum absolute atomic E-state index is 0.0102. The minimum atomic E-state index is -2.86. The predicted octanol–water partition coefficient (Wildman–Crippen LogP) is 2.10. The van der Waals surface area contributed by atoms with Gasteiger partial charge in [-0.3, -0.25) is 4.79 Å². The van der Waals surface area contributed by atoms with Crippen molar-refractivity contribution < 1.29 is 13.2 Å². The summed E-state index contributed by atoms with van der Waals surface area (Å²) in [5, 5.41) is 3.19. The lowest BCUT2D eigenvalue weighted by Crippen LogP contribution is -2.32. The Kier molecular flexibility index (Phi) is 4.78. The molecule has 0 spiro atoms. The highest BCUT2D eigenvalue weighted by Crippen LogP contribution is 2.30. The molecule has 3 rings (SSSR count). The molecule has 1 aliphatic carbocycles. The monoisotopic (exact) mass is 339 g/mol. The fraction of sp³-hybridized carbons (Fsp3) is 0.562. The highest BCUT2D eigenvalue weighted by atomic mass is 32.2. The van der Waals surface area contributed by atoms with Crippen LogP contribution in [0.5, 0.6) is 0 Å². The molecule has 1 N–H and O–H groups in total. The SMILES string of the molecule is O=C(CS[C@H]1CCS(=O)(=O)C1)N[C@H]1CCCc2ccccc21. The molecule has 120 valence electrons. The fourth-order valence-electron chi connectivity index (χ4n) is 3.23. The number of hydrogen-bond donors (Lipinski definition) is 1. The summed E-state index contributed by atoms with van der Waals surface area (Å²) in [6.07, 6.45) is 3.82. The second-order valence-electron chi connectivity index (χ2n) is 6.05. The zero-order chi connectivity index (χ0) is 15.6. The molecule has 1 fully saturated rings. The van der Waals surface area contributed by atoms with Gasteiger partial charge < -0.3 is 5.32 Å². The highest BCUT2D eigenvalue weighted by Gasteiger charge is 2.29. The number of hydrogen-bond acceptors (Lipinski definition) is 4. The molecule has 0 aromatic heterocycles. The Bertz CT molecular complexity index is 657. The lowest BCUT2D eigenvalue weighted by Gasteiger charge is -2.26. The largest absolute Gasteiger partial charge is 0.349 e. The van der Waals surface area contributed by atoms with Gasteiger partial charge in [-0.05, 0) is 36.8 Å². The quantitative estimate of drug-likeness (QED) is 0.912. The molecule has 6 heteroatoms. The van der Waals surface area contributed by atoms with Crippen molar-refractivity contribution in [3.63, 3.8) is 0 Å². The van der Waals surface area contributed by atoms with E-state index in [1.807, 2.05) is 12.1 Å². The number of benzene rings is 1. The zero-order valence-corrected chi connectivity index (χ0v) is 14.1. The highest BCUT2D eigenvalue weighted by molar-refractivity contribution is 8.02. The fourth-order valence-corrected chi connectivity index (χ4v) is 6.68. The molecular weight excluding hydrogens is 318 g/mol. The van der Waals surface area contributed by atoms with E-state index < -0.39 is 9.84 Å². The Hall–Kier alpha value is -1.01. The van der Waals surface area contributed by atoms with Crippen LogP contribution < -0.4 is 5.32 Å². The molecule has 0 saturated carbocycles. The number of fused-ring (bicyclic) bond motifs is 1. The van der Waals surface area contributed by atoms with Crippen molar-refractivity contribution in [1.82, 2.24) is 5.32 Å². The van der Waals surface area contributed by atoms with Gasteiger partial charge in [-0.25, -0.2) is 8.42 Å². The van der Waals surface area contributed by atoms with Crippen molar-refractivity contribution in [2.45, 2.75) is 37.0 Å². The number of rotatable bonds is 4. The molecule has 1 saturated heterocycles. The number of aryl methyl sites for hydroxylation is 1. The molecule has 0 bridgehead atoms. The number of amides is 1. The first-order valence-corrected chi connectivity index (χ1v) is 10.6. The summed E-state index contributed by atoms with van der Waals surface area (Å²) in [5.41, 5.74) is 2.56. The molecule has 2 atom stereocenters. The van der Waals surface area contributed by atoms with Crippen LogP contribution in [0.2, 0.25) is 0 Å². The van der Waals surface area contributed by atoms with Crippen molar-refractivity contribution in [3.8, 4) is 0 Å². The van der Waals surface area contributed by atoms with Crippen molar-refractivity contribution in [2.24, 2.45) is 0 Å². The number of thioether (sulfide) groups is 1. The van der Waals surface area contributed by atoms with Gasteiger partial charge in [-0.1, -0.05) is 24.3 Å². The van der Waals surface area contributed by atoms with Crippen LogP contribution in [0.1, 0.15) is 36.4 Å². The second kappa shape index (κ2) is 6.62. The Balaban J connectivity index is 1.53. The van der Waals surface area contributed by atoms with Gasteiger partial charge in [0.05, 0.1) is 23.3 Å². The Morgan fingerprint density at radius 2 is 2.09 bits per heavy atom. The first-order valence-electron chi connectivity index (χ1n) is 7.73. The Morgan fingerprint density at radius 3 is 2.86 bits per heavy atom. The molecular formula is C16H21NO3S2. The maximum absolute atomic E-state index is 12.2. The first kappa shape index (κ1) is 15.9. The average Bonchev–Trinajstić information content (AvgIpc) is 2.85. The third-order valence-electron chi connectivity index (χ3n) is 4.35. The van der Waals surface area contributed by atoms with E-state index in [1.165, 1.54) is 22.9 Å². The lowest BCUT2D eigenvalue weighted by molar-refractivity contribution is -0.119. The van der Waals surface area contributed by atoms with Gasteiger partial charge in [0.25, 0.3) is 0 Å². The maximum atomic E-state index is 12.2. The third-order valence-corrected chi connectivity index (χ3v) is 7.63. The first-order chi connectivity index (χ1) is 10.5. The summed E-state index contributed by atoms with van der Waals surface area (Å²) in [6.45, 7) is 0. The van der Waals surface area contributed by atoms with Crippen LogP contribution >= 0.6 is 11.8 Å². The van der Waals surface area contributed by atoms with E-state index in [0.29, 0.717) is 12.2 Å². The molecule has 1 aromatic carbocycles. The molecule has 2 aliphatic rings. The van der Waals surface area contributed by atoms with E-state index in [2.05, 4.69) is 17.4 Å². The van der Waals surface area contributed by atoms with E-state index in [0.717, 1.165) is 19.3 Å². The minimum Gasteiger partial charge on any atom is -0.349 e. The number of sulfone groups is 1. The van der Waals surface area contributed by atoms with Crippen molar-refractivity contribution in [1.29, 1.82) is 0 Å². The summed E-state index contributed by atoms with van der Waals surface area (Å²) in [5.74, 6) is 0.842. The smallest absolute Gasteiger partial charge is 0.230 e. The molecule has 4 nitrogen and oxygen atoms in total. The van der Waals surface area contributed by atoms with Gasteiger partial charge in [0, 0.05) is 5.25 Å². The van der Waals surface area contributed by atoms with Crippen LogP contribution in [0, 0.1) is 0 Å². The Morgan fingerprint density at radius 1 is 1.27 bits per heavy atom. The molecule has 1 aliphatic heterocycles. The van der Waals surface area contributed by atoms with E-state index in [9.17, 15) is 13.2 Å². The topological polar surface area (TPSA) is 63.2 Å². The molecule has 1 heterocycles. The summed E-state index contributed by atoms with van der Waals surface area (Å²) < 4.78 is 22.9. The number of nitrogens with one attached hydrogen (secondary N) is 1. The van der Waals surface area contributed by atoms with Gasteiger partial charge >= 0.3 is 0 Å². The summed E-state index contributed by atoms with van der Waals surface area (Å²) in [7, 11) is -2.86. The molecule has 0 radical (unpaired) electrons. The van der Waals surface area contributed by atoms with Crippen LogP contribution in [0.15, 0.2) is 24.3 Å². The van der Waals surface area contributed by atoms with Gasteiger partial charge in [0.2, 0.25) is 5.91 Å². The van der Waals surface area contributed by atoms with Crippen molar-refractivity contribution in [3.05, 3.63) is 35.4 Å². The average molecular weight is 339 g/mol. The van der Waals surface area contributed by atoms with Gasteiger partial charge in [-0.15, -0.1) is 11.8 Å². The van der Waals surface area contributed by atoms with Crippen LogP contribution in [-0.2, 0) is 21.1 Å². The van der Waals surface area contributed by atoms with E-state index >= 15 is 0 Å². The standard InChI is InChI=1S/C16H21NO3S2/c18-16(10-21-13-8-9-22(19,20)11-13)17-15-7-3-5-12-4-1-2-6-14(12)15/h1-2,4,6,13,15H,3,5,7-11H2,(H,17,18)/t13-,15-/m0/s1. The predicted molar refractivity (Wildman–Crippen MR) is 89.8 cm³/mol. The molecule has 22 heavy (non-hydrogen) atoms. The van der Waals surface area contributed by atoms with Crippen LogP contribution in [0.4, 0.5) is 0 Å². The van der Waals surface area contributed by atoms with Gasteiger partial charge in [0.1, 0.15) is 0 Å². The normalized spacial score (nSPS) is 26.4. The summed E-state index contributed by atoms with van der Waals surface area (Å²) in [4.78, 5) is 12.2. The molecule has 1 aromatic rings. The maximum Gasteiger partial charge on any atom is 0.230 e. The molecule has 0 unspecified atom stereocenters.